The van der Waals surface area contributed by atoms with Crippen LogP contribution in [-0.2, 0) is 4.79 Å². The fourth-order valence-corrected chi connectivity index (χ4v) is 2.03. The fourth-order valence-electron chi connectivity index (χ4n) is 1.91. The fraction of sp³-hybridized carbons (Fsp3) is 0.923. The second kappa shape index (κ2) is 6.60. The van der Waals surface area contributed by atoms with Crippen LogP contribution in [0.3, 0.4) is 0 Å². The van der Waals surface area contributed by atoms with Crippen molar-refractivity contribution >= 4 is 17.5 Å². The number of nitrogens with one attached hydrogen (secondary N) is 1. The summed E-state index contributed by atoms with van der Waals surface area (Å²) in [5.74, 6) is 1.27. The van der Waals surface area contributed by atoms with Crippen LogP contribution in [0.25, 0.3) is 0 Å². The lowest BCUT2D eigenvalue weighted by Crippen LogP contribution is -2.43. The zero-order valence-electron chi connectivity index (χ0n) is 11.3. The number of carbonyl (C=O) groups excluding carboxylic acids is 1. The molecule has 1 saturated heterocycles. The molecule has 0 bridgehead atoms. The predicted molar refractivity (Wildman–Crippen MR) is 72.3 cm³/mol. The lowest BCUT2D eigenvalue weighted by molar-refractivity contribution is -0.128. The molecule has 0 spiro atoms. The van der Waals surface area contributed by atoms with Gasteiger partial charge in [0.15, 0.2) is 0 Å². The van der Waals surface area contributed by atoms with E-state index in [1.165, 1.54) is 12.8 Å². The maximum atomic E-state index is 11.8. The van der Waals surface area contributed by atoms with E-state index in [0.717, 1.165) is 32.1 Å². The molecule has 1 aliphatic rings. The summed E-state index contributed by atoms with van der Waals surface area (Å²) in [5.41, 5.74) is -0.460. The van der Waals surface area contributed by atoms with Crippen LogP contribution in [0.5, 0.6) is 0 Å². The number of nitrogens with zero attached hydrogens (tertiary/aromatic N) is 1. The zero-order valence-corrected chi connectivity index (χ0v) is 12.0. The third-order valence-electron chi connectivity index (χ3n) is 3.54. The first kappa shape index (κ1) is 14.8. The predicted octanol–water partition coefficient (Wildman–Crippen LogP) is 2.10. The van der Waals surface area contributed by atoms with Gasteiger partial charge in [0.25, 0.3) is 0 Å². The first-order chi connectivity index (χ1) is 7.95. The molecule has 4 heteroatoms. The number of piperidine rings is 1. The number of rotatable bonds is 5. The normalized spacial score (nSPS) is 19.3. The van der Waals surface area contributed by atoms with E-state index < -0.39 is 5.41 Å². The average molecular weight is 261 g/mol. The Balaban J connectivity index is 2.18. The summed E-state index contributed by atoms with van der Waals surface area (Å²) in [4.78, 5) is 14.2. The van der Waals surface area contributed by atoms with Crippen molar-refractivity contribution in [3.05, 3.63) is 0 Å². The van der Waals surface area contributed by atoms with Crippen LogP contribution in [0.2, 0.25) is 0 Å². The van der Waals surface area contributed by atoms with Gasteiger partial charge in [0.05, 0.1) is 5.41 Å². The monoisotopic (exact) mass is 260 g/mol. The Hall–Kier alpha value is -0.280. The van der Waals surface area contributed by atoms with Gasteiger partial charge in [0.2, 0.25) is 5.91 Å². The van der Waals surface area contributed by atoms with Crippen molar-refractivity contribution in [1.29, 1.82) is 0 Å². The summed E-state index contributed by atoms with van der Waals surface area (Å²) >= 11 is 5.76. The van der Waals surface area contributed by atoms with Gasteiger partial charge in [-0.15, -0.1) is 11.6 Å². The van der Waals surface area contributed by atoms with Gasteiger partial charge >= 0.3 is 0 Å². The molecule has 1 N–H and O–H groups in total. The Morgan fingerprint density at radius 3 is 2.53 bits per heavy atom. The van der Waals surface area contributed by atoms with Crippen molar-refractivity contribution in [2.75, 3.05) is 32.1 Å². The van der Waals surface area contributed by atoms with Crippen molar-refractivity contribution in [3.63, 3.8) is 0 Å². The van der Waals surface area contributed by atoms with Gasteiger partial charge in [0, 0.05) is 19.0 Å². The van der Waals surface area contributed by atoms with Gasteiger partial charge in [-0.25, -0.2) is 0 Å². The highest BCUT2D eigenvalue weighted by Gasteiger charge is 2.26. The Morgan fingerprint density at radius 2 is 2.00 bits per heavy atom. The second-order valence-corrected chi connectivity index (χ2v) is 6.06. The molecule has 1 rings (SSSR count). The van der Waals surface area contributed by atoms with Crippen LogP contribution < -0.4 is 5.32 Å². The molecular weight excluding hydrogens is 236 g/mol. The van der Waals surface area contributed by atoms with E-state index in [1.807, 2.05) is 13.8 Å². The molecule has 1 amide bonds. The van der Waals surface area contributed by atoms with Gasteiger partial charge < -0.3 is 10.2 Å². The van der Waals surface area contributed by atoms with Gasteiger partial charge in [0.1, 0.15) is 0 Å². The van der Waals surface area contributed by atoms with Gasteiger partial charge in [-0.05, 0) is 45.7 Å². The summed E-state index contributed by atoms with van der Waals surface area (Å²) in [5, 5.41) is 2.97. The van der Waals surface area contributed by atoms with Crippen LogP contribution >= 0.6 is 11.6 Å². The van der Waals surface area contributed by atoms with Gasteiger partial charge in [-0.3, -0.25) is 4.79 Å². The first-order valence-corrected chi connectivity index (χ1v) is 7.06. The summed E-state index contributed by atoms with van der Waals surface area (Å²) < 4.78 is 0. The highest BCUT2D eigenvalue weighted by molar-refractivity contribution is 6.19. The van der Waals surface area contributed by atoms with E-state index in [-0.39, 0.29) is 5.91 Å². The van der Waals surface area contributed by atoms with Crippen LogP contribution in [-0.4, -0.2) is 42.9 Å². The van der Waals surface area contributed by atoms with Crippen LogP contribution in [0, 0.1) is 11.3 Å². The Morgan fingerprint density at radius 1 is 1.41 bits per heavy atom. The molecule has 3 nitrogen and oxygen atoms in total. The highest BCUT2D eigenvalue weighted by Crippen LogP contribution is 2.17. The lowest BCUT2D eigenvalue weighted by atomic mass is 9.95. The largest absolute Gasteiger partial charge is 0.354 e. The molecule has 0 unspecified atom stereocenters. The summed E-state index contributed by atoms with van der Waals surface area (Å²) in [7, 11) is 0. The number of hydrogen-bond donors (Lipinski definition) is 1. The maximum Gasteiger partial charge on any atom is 0.226 e. The quantitative estimate of drug-likeness (QED) is 0.768. The molecule has 17 heavy (non-hydrogen) atoms. The van der Waals surface area contributed by atoms with E-state index >= 15 is 0 Å². The molecule has 0 atom stereocenters. The molecule has 0 radical (unpaired) electrons. The van der Waals surface area contributed by atoms with Crippen LogP contribution in [0.15, 0.2) is 0 Å². The zero-order chi connectivity index (χ0) is 12.9. The van der Waals surface area contributed by atoms with Crippen molar-refractivity contribution in [2.45, 2.75) is 33.6 Å². The number of alkyl halides is 1. The molecule has 1 heterocycles. The Kier molecular flexibility index (Phi) is 5.74. The standard InChI is InChI=1S/C13H25ClN2O/c1-11-4-7-16(8-5-11)9-6-15-12(17)13(2,3)10-14/h11H,4-10H2,1-3H3,(H,15,17). The second-order valence-electron chi connectivity index (χ2n) is 5.80. The van der Waals surface area contributed by atoms with E-state index in [2.05, 4.69) is 17.1 Å². The molecule has 0 aromatic heterocycles. The van der Waals surface area contributed by atoms with Gasteiger partial charge in [-0.2, -0.15) is 0 Å². The molecule has 1 aliphatic heterocycles. The number of hydrogen-bond acceptors (Lipinski definition) is 2. The molecule has 0 saturated carbocycles. The minimum Gasteiger partial charge on any atom is -0.354 e. The topological polar surface area (TPSA) is 32.3 Å². The summed E-state index contributed by atoms with van der Waals surface area (Å²) in [6.45, 7) is 10.1. The highest BCUT2D eigenvalue weighted by atomic mass is 35.5. The van der Waals surface area contributed by atoms with Crippen molar-refractivity contribution in [2.24, 2.45) is 11.3 Å². The maximum absolute atomic E-state index is 11.8. The molecular formula is C13H25ClN2O. The molecule has 100 valence electrons. The van der Waals surface area contributed by atoms with E-state index in [1.54, 1.807) is 0 Å². The average Bonchev–Trinajstić information content (AvgIpc) is 2.31. The number of amides is 1. The van der Waals surface area contributed by atoms with E-state index in [9.17, 15) is 4.79 Å². The molecule has 0 aliphatic carbocycles. The van der Waals surface area contributed by atoms with Crippen molar-refractivity contribution in [1.82, 2.24) is 10.2 Å². The van der Waals surface area contributed by atoms with Crippen molar-refractivity contribution in [3.8, 4) is 0 Å². The van der Waals surface area contributed by atoms with Gasteiger partial charge in [-0.1, -0.05) is 6.92 Å². The molecule has 1 fully saturated rings. The van der Waals surface area contributed by atoms with Crippen LogP contribution in [0.4, 0.5) is 0 Å². The number of halogens is 1. The minimum absolute atomic E-state index is 0.0536. The van der Waals surface area contributed by atoms with Crippen molar-refractivity contribution < 1.29 is 4.79 Å². The molecule has 0 aromatic carbocycles. The Bertz CT molecular complexity index is 248. The van der Waals surface area contributed by atoms with Crippen LogP contribution in [0.1, 0.15) is 33.6 Å². The third kappa shape index (κ3) is 4.84. The molecule has 0 aromatic rings. The minimum atomic E-state index is -0.460. The summed E-state index contributed by atoms with van der Waals surface area (Å²) in [6.07, 6.45) is 2.56. The SMILES string of the molecule is CC1CCN(CCNC(=O)C(C)(C)CCl)CC1. The van der Waals surface area contributed by atoms with E-state index in [4.69, 9.17) is 11.6 Å². The Labute approximate surface area is 110 Å². The third-order valence-corrected chi connectivity index (χ3v) is 4.21. The van der Waals surface area contributed by atoms with E-state index in [0.29, 0.717) is 5.88 Å². The smallest absolute Gasteiger partial charge is 0.226 e. The lowest BCUT2D eigenvalue weighted by Gasteiger charge is -2.30. The number of likely N-dealkylation sites (tertiary alicyclic amines) is 1. The first-order valence-electron chi connectivity index (χ1n) is 6.52. The summed E-state index contributed by atoms with van der Waals surface area (Å²) in [6, 6.07) is 0. The number of carbonyl (C=O) groups is 1.